The summed E-state index contributed by atoms with van der Waals surface area (Å²) >= 11 is 0. The van der Waals surface area contributed by atoms with Gasteiger partial charge in [0.15, 0.2) is 0 Å². The van der Waals surface area contributed by atoms with E-state index in [9.17, 15) is 4.57 Å². The summed E-state index contributed by atoms with van der Waals surface area (Å²) in [5.74, 6) is 0. The summed E-state index contributed by atoms with van der Waals surface area (Å²) in [5.41, 5.74) is 0. The minimum Gasteiger partial charge on any atom is -0.343 e. The molecule has 0 radical (unpaired) electrons. The van der Waals surface area contributed by atoms with Gasteiger partial charge in [0.25, 0.3) is 0 Å². The van der Waals surface area contributed by atoms with E-state index in [-0.39, 0.29) is 31.1 Å². The summed E-state index contributed by atoms with van der Waals surface area (Å²) in [4.78, 5) is 8.57. The van der Waals surface area contributed by atoms with Gasteiger partial charge in [-0.15, -0.1) is 0 Å². The number of benzene rings is 1. The Labute approximate surface area is 83.9 Å². The second kappa shape index (κ2) is 5.16. The van der Waals surface area contributed by atoms with Crippen molar-refractivity contribution in [3.05, 3.63) is 30.3 Å². The first-order valence-electron chi connectivity index (χ1n) is 2.59. The van der Waals surface area contributed by atoms with Crippen molar-refractivity contribution in [3.63, 3.8) is 0 Å². The van der Waals surface area contributed by atoms with Crippen molar-refractivity contribution >= 4 is 13.3 Å². The van der Waals surface area contributed by atoms with E-state index in [1.54, 1.807) is 24.3 Å². The number of hydrogen-bond donors (Lipinski definition) is 1. The molecule has 1 rings (SSSR count). The summed E-state index contributed by atoms with van der Waals surface area (Å²) in [5, 5.41) is 0.516. The van der Waals surface area contributed by atoms with Gasteiger partial charge < -0.3 is 4.89 Å². The van der Waals surface area contributed by atoms with E-state index >= 15 is 0 Å². The fourth-order valence-electron chi connectivity index (χ4n) is 0.581. The summed E-state index contributed by atoms with van der Waals surface area (Å²) in [6.45, 7) is 0. The van der Waals surface area contributed by atoms with Crippen molar-refractivity contribution in [1.82, 2.24) is 0 Å². The van der Waals surface area contributed by atoms with Gasteiger partial charge in [-0.05, 0) is 12.1 Å². The predicted octanol–water partition coefficient (Wildman–Crippen LogP) is 0.779. The Kier molecular flexibility index (Phi) is 5.40. The van der Waals surface area contributed by atoms with Crippen molar-refractivity contribution in [3.8, 4) is 0 Å². The Morgan fingerprint density at radius 3 is 2.00 bits per heavy atom. The van der Waals surface area contributed by atoms with Crippen molar-refractivity contribution in [1.29, 1.82) is 0 Å². The molecule has 0 heterocycles. The van der Waals surface area contributed by atoms with Crippen LogP contribution in [-0.4, -0.2) is 4.89 Å². The van der Waals surface area contributed by atoms with Gasteiger partial charge in [0.1, 0.15) is 0 Å². The van der Waals surface area contributed by atoms with Gasteiger partial charge in [-0.3, -0.25) is 4.57 Å². The molecule has 4 heteroatoms. The molecule has 0 spiro atoms. The van der Waals surface area contributed by atoms with Crippen LogP contribution in [0.3, 0.4) is 0 Å². The average molecular weight is 380 g/mol. The molecule has 52 valence electrons. The first-order chi connectivity index (χ1) is 4.30. The predicted molar refractivity (Wildman–Crippen MR) is 37.3 cm³/mol. The van der Waals surface area contributed by atoms with Crippen LogP contribution in [0.5, 0.6) is 0 Å². The molecule has 0 amide bonds. The molecule has 0 bridgehead atoms. The summed E-state index contributed by atoms with van der Waals surface area (Å²) in [7, 11) is -2.46. The van der Waals surface area contributed by atoms with Crippen molar-refractivity contribution < 1.29 is 40.6 Å². The van der Waals surface area contributed by atoms with Crippen LogP contribution in [0.1, 0.15) is 0 Å². The molecule has 2 nitrogen and oxygen atoms in total. The van der Waals surface area contributed by atoms with Crippen LogP contribution < -0.4 is 5.30 Å². The summed E-state index contributed by atoms with van der Waals surface area (Å²) < 4.78 is 10.4. The first-order valence-corrected chi connectivity index (χ1v) is 3.94. The van der Waals surface area contributed by atoms with Crippen molar-refractivity contribution in [2.45, 2.75) is 0 Å². The fourth-order valence-corrected chi connectivity index (χ4v) is 1.06. The molecule has 0 aliphatic heterocycles. The first kappa shape index (κ1) is 10.5. The molecule has 0 aromatic heterocycles. The maximum Gasteiger partial charge on any atom is 0.218 e. The van der Waals surface area contributed by atoms with Gasteiger partial charge in [-0.2, -0.15) is 0 Å². The summed E-state index contributed by atoms with van der Waals surface area (Å²) in [6.07, 6.45) is 0. The third-order valence-corrected chi connectivity index (χ3v) is 1.85. The molecule has 1 N–H and O–H groups in total. The van der Waals surface area contributed by atoms with Gasteiger partial charge in [0, 0.05) is 36.4 Å². The van der Waals surface area contributed by atoms with E-state index in [0.717, 1.165) is 0 Å². The standard InChI is InChI=1S/C6H7O2P.U/c7-9(8)6-4-2-1-3-5-6;/h1-5,9H,(H,7,8);. The zero-order valence-corrected chi connectivity index (χ0v) is 10.4. The Morgan fingerprint density at radius 2 is 1.70 bits per heavy atom. The van der Waals surface area contributed by atoms with E-state index in [0.29, 0.717) is 5.30 Å². The number of rotatable bonds is 1. The van der Waals surface area contributed by atoms with Crippen molar-refractivity contribution in [2.24, 2.45) is 0 Å². The third-order valence-electron chi connectivity index (χ3n) is 1.02. The monoisotopic (exact) mass is 380 g/mol. The number of hydrogen-bond acceptors (Lipinski definition) is 1. The maximum atomic E-state index is 10.4. The van der Waals surface area contributed by atoms with Gasteiger partial charge >= 0.3 is 0 Å². The second-order valence-electron chi connectivity index (χ2n) is 1.67. The fraction of sp³-hybridized carbons (Fsp3) is 0. The second-order valence-corrected chi connectivity index (χ2v) is 2.86. The Balaban J connectivity index is 0.000000810. The van der Waals surface area contributed by atoms with Gasteiger partial charge in [-0.1, -0.05) is 18.2 Å². The molecule has 0 saturated heterocycles. The zero-order chi connectivity index (χ0) is 6.69. The molecular weight excluding hydrogens is 373 g/mol. The molecule has 1 atom stereocenters. The van der Waals surface area contributed by atoms with E-state index in [4.69, 9.17) is 4.89 Å². The molecular formula is C6H7O2PU. The zero-order valence-electron chi connectivity index (χ0n) is 5.24. The van der Waals surface area contributed by atoms with Crippen LogP contribution in [0.25, 0.3) is 0 Å². The Morgan fingerprint density at radius 1 is 1.20 bits per heavy atom. The molecule has 0 fully saturated rings. The largest absolute Gasteiger partial charge is 0.343 e. The van der Waals surface area contributed by atoms with Crippen LogP contribution in [-0.2, 0) is 4.57 Å². The minimum absolute atomic E-state index is 0. The third kappa shape index (κ3) is 3.03. The summed E-state index contributed by atoms with van der Waals surface area (Å²) in [6, 6.07) is 8.58. The molecule has 1 unspecified atom stereocenters. The van der Waals surface area contributed by atoms with E-state index in [2.05, 4.69) is 0 Å². The van der Waals surface area contributed by atoms with Crippen molar-refractivity contribution in [2.75, 3.05) is 0 Å². The molecule has 0 saturated carbocycles. The molecule has 0 aliphatic carbocycles. The quantitative estimate of drug-likeness (QED) is 0.732. The maximum absolute atomic E-state index is 10.4. The average Bonchev–Trinajstić information content (AvgIpc) is 1.90. The van der Waals surface area contributed by atoms with Gasteiger partial charge in [-0.25, -0.2) is 0 Å². The van der Waals surface area contributed by atoms with E-state index < -0.39 is 8.03 Å². The van der Waals surface area contributed by atoms with Crippen LogP contribution in [0.4, 0.5) is 0 Å². The van der Waals surface area contributed by atoms with E-state index in [1.807, 2.05) is 6.07 Å². The van der Waals surface area contributed by atoms with E-state index in [1.165, 1.54) is 0 Å². The normalized spacial score (nSPS) is 11.7. The van der Waals surface area contributed by atoms with Crippen LogP contribution in [0.15, 0.2) is 30.3 Å². The van der Waals surface area contributed by atoms with Gasteiger partial charge in [0.05, 0.1) is 0 Å². The molecule has 1 aromatic rings. The van der Waals surface area contributed by atoms with Crippen LogP contribution in [0.2, 0.25) is 0 Å². The molecule has 10 heavy (non-hydrogen) atoms. The van der Waals surface area contributed by atoms with Crippen LogP contribution >= 0.6 is 8.03 Å². The van der Waals surface area contributed by atoms with Gasteiger partial charge in [0.2, 0.25) is 8.03 Å². The Hall–Kier alpha value is 0.462. The minimum atomic E-state index is -2.46. The Bertz CT molecular complexity index is 212. The SMILES string of the molecule is O=[PH](O)c1ccccc1.[U]. The van der Waals surface area contributed by atoms with Crippen LogP contribution in [0, 0.1) is 31.1 Å². The topological polar surface area (TPSA) is 37.3 Å². The smallest absolute Gasteiger partial charge is 0.218 e. The molecule has 0 aliphatic rings. The molecule has 1 aromatic carbocycles.